The molecular weight excluding hydrogens is 306 g/mol. The molecule has 0 aromatic heterocycles. The molecule has 1 saturated heterocycles. The van der Waals surface area contributed by atoms with Gasteiger partial charge < -0.3 is 20.3 Å². The van der Waals surface area contributed by atoms with Crippen LogP contribution in [0.3, 0.4) is 0 Å². The molecule has 0 aliphatic carbocycles. The Morgan fingerprint density at radius 2 is 2.09 bits per heavy atom. The summed E-state index contributed by atoms with van der Waals surface area (Å²) in [5.74, 6) is -0.179. The van der Waals surface area contributed by atoms with Gasteiger partial charge in [0.15, 0.2) is 0 Å². The number of hydrogen-bond acceptors (Lipinski definition) is 3. The molecule has 3 amide bonds. The Labute approximate surface area is 134 Å². The highest BCUT2D eigenvalue weighted by molar-refractivity contribution is 6.30. The molecule has 1 atom stereocenters. The number of carbonyl (C=O) groups is 2. The number of methoxy groups -OCH3 is 1. The lowest BCUT2D eigenvalue weighted by atomic mass is 10.2. The predicted octanol–water partition coefficient (Wildman–Crippen LogP) is 2.10. The average Bonchev–Trinajstić information content (AvgIpc) is 2.99. The minimum Gasteiger partial charge on any atom is -0.383 e. The molecule has 1 aliphatic heterocycles. The van der Waals surface area contributed by atoms with E-state index in [0.29, 0.717) is 36.8 Å². The maximum absolute atomic E-state index is 12.4. The summed E-state index contributed by atoms with van der Waals surface area (Å²) in [7, 11) is 1.57. The number of likely N-dealkylation sites (tertiary alicyclic amines) is 1. The van der Waals surface area contributed by atoms with E-state index < -0.39 is 6.04 Å². The number of halogens is 1. The number of amides is 3. The van der Waals surface area contributed by atoms with Crippen molar-refractivity contribution in [3.8, 4) is 0 Å². The van der Waals surface area contributed by atoms with Crippen molar-refractivity contribution < 1.29 is 14.3 Å². The third kappa shape index (κ3) is 4.35. The van der Waals surface area contributed by atoms with Crippen LogP contribution < -0.4 is 10.6 Å². The van der Waals surface area contributed by atoms with E-state index in [1.54, 1.807) is 36.3 Å². The van der Waals surface area contributed by atoms with Gasteiger partial charge in [0.1, 0.15) is 6.04 Å². The molecule has 0 bridgehead atoms. The zero-order valence-electron chi connectivity index (χ0n) is 12.5. The summed E-state index contributed by atoms with van der Waals surface area (Å²) in [5.41, 5.74) is 0.668. The van der Waals surface area contributed by atoms with E-state index in [9.17, 15) is 9.59 Å². The SMILES string of the molecule is COCCNC(=O)N1CCC[C@H]1C(=O)Nc1ccc(Cl)cc1. The second kappa shape index (κ2) is 8.00. The van der Waals surface area contributed by atoms with Crippen molar-refractivity contribution in [3.05, 3.63) is 29.3 Å². The summed E-state index contributed by atoms with van der Waals surface area (Å²) in [6.45, 7) is 1.45. The molecule has 22 heavy (non-hydrogen) atoms. The molecule has 0 saturated carbocycles. The molecule has 0 unspecified atom stereocenters. The van der Waals surface area contributed by atoms with E-state index in [1.807, 2.05) is 0 Å². The van der Waals surface area contributed by atoms with E-state index in [2.05, 4.69) is 10.6 Å². The third-order valence-electron chi connectivity index (χ3n) is 3.51. The Balaban J connectivity index is 1.92. The van der Waals surface area contributed by atoms with Gasteiger partial charge in [0.2, 0.25) is 5.91 Å². The molecule has 120 valence electrons. The fourth-order valence-electron chi connectivity index (χ4n) is 2.40. The van der Waals surface area contributed by atoms with Gasteiger partial charge >= 0.3 is 6.03 Å². The summed E-state index contributed by atoms with van der Waals surface area (Å²) < 4.78 is 4.89. The topological polar surface area (TPSA) is 70.7 Å². The highest BCUT2D eigenvalue weighted by Crippen LogP contribution is 2.20. The first kappa shape index (κ1) is 16.6. The van der Waals surface area contributed by atoms with Crippen molar-refractivity contribution in [2.45, 2.75) is 18.9 Å². The smallest absolute Gasteiger partial charge is 0.318 e. The molecule has 0 spiro atoms. The fourth-order valence-corrected chi connectivity index (χ4v) is 2.53. The van der Waals surface area contributed by atoms with Crippen LogP contribution in [-0.2, 0) is 9.53 Å². The standard InChI is InChI=1S/C15H20ClN3O3/c1-22-10-8-17-15(21)19-9-2-3-13(19)14(20)18-12-6-4-11(16)5-7-12/h4-7,13H,2-3,8-10H2,1H3,(H,17,21)(H,18,20)/t13-/m0/s1. The van der Waals surface area contributed by atoms with E-state index in [0.717, 1.165) is 6.42 Å². The monoisotopic (exact) mass is 325 g/mol. The van der Waals surface area contributed by atoms with Crippen LogP contribution in [0.25, 0.3) is 0 Å². The van der Waals surface area contributed by atoms with Gasteiger partial charge in [-0.15, -0.1) is 0 Å². The molecule has 7 heteroatoms. The number of urea groups is 1. The highest BCUT2D eigenvalue weighted by atomic mass is 35.5. The number of nitrogens with one attached hydrogen (secondary N) is 2. The first-order valence-electron chi connectivity index (χ1n) is 7.21. The minimum atomic E-state index is -0.446. The van der Waals surface area contributed by atoms with E-state index in [1.165, 1.54) is 0 Å². The van der Waals surface area contributed by atoms with E-state index in [4.69, 9.17) is 16.3 Å². The molecule has 1 aliphatic rings. The molecular formula is C15H20ClN3O3. The maximum atomic E-state index is 12.4. The quantitative estimate of drug-likeness (QED) is 0.814. The van der Waals surface area contributed by atoms with Crippen LogP contribution >= 0.6 is 11.6 Å². The van der Waals surface area contributed by atoms with Crippen molar-refractivity contribution in [3.63, 3.8) is 0 Å². The van der Waals surface area contributed by atoms with E-state index >= 15 is 0 Å². The van der Waals surface area contributed by atoms with Crippen LogP contribution in [0.2, 0.25) is 5.02 Å². The van der Waals surface area contributed by atoms with Gasteiger partial charge in [0, 0.05) is 30.9 Å². The minimum absolute atomic E-state index is 0.179. The van der Waals surface area contributed by atoms with Crippen molar-refractivity contribution in [2.75, 3.05) is 32.1 Å². The van der Waals surface area contributed by atoms with Crippen LogP contribution in [0.5, 0.6) is 0 Å². The zero-order chi connectivity index (χ0) is 15.9. The first-order chi connectivity index (χ1) is 10.6. The number of carbonyl (C=O) groups excluding carboxylic acids is 2. The maximum Gasteiger partial charge on any atom is 0.318 e. The van der Waals surface area contributed by atoms with Crippen molar-refractivity contribution in [1.29, 1.82) is 0 Å². The number of ether oxygens (including phenoxy) is 1. The lowest BCUT2D eigenvalue weighted by Crippen LogP contribution is -2.48. The van der Waals surface area contributed by atoms with Gasteiger partial charge in [-0.1, -0.05) is 11.6 Å². The van der Waals surface area contributed by atoms with Crippen molar-refractivity contribution >= 4 is 29.2 Å². The number of hydrogen-bond donors (Lipinski definition) is 2. The normalized spacial score (nSPS) is 17.4. The fraction of sp³-hybridized carbons (Fsp3) is 0.467. The van der Waals surface area contributed by atoms with Crippen LogP contribution in [0.15, 0.2) is 24.3 Å². The Hall–Kier alpha value is -1.79. The number of rotatable bonds is 5. The van der Waals surface area contributed by atoms with Gasteiger partial charge in [-0.25, -0.2) is 4.79 Å². The molecule has 1 aromatic carbocycles. The lowest BCUT2D eigenvalue weighted by molar-refractivity contribution is -0.119. The highest BCUT2D eigenvalue weighted by Gasteiger charge is 2.33. The Kier molecular flexibility index (Phi) is 6.03. The van der Waals surface area contributed by atoms with Gasteiger partial charge in [-0.3, -0.25) is 4.79 Å². The second-order valence-corrected chi connectivity index (χ2v) is 5.51. The number of nitrogens with zero attached hydrogens (tertiary/aromatic N) is 1. The first-order valence-corrected chi connectivity index (χ1v) is 7.59. The molecule has 1 fully saturated rings. The summed E-state index contributed by atoms with van der Waals surface area (Å²) in [5, 5.41) is 6.17. The molecule has 2 rings (SSSR count). The summed E-state index contributed by atoms with van der Waals surface area (Å²) in [6.07, 6.45) is 1.48. The lowest BCUT2D eigenvalue weighted by Gasteiger charge is -2.24. The average molecular weight is 326 g/mol. The van der Waals surface area contributed by atoms with Crippen LogP contribution in [0.1, 0.15) is 12.8 Å². The van der Waals surface area contributed by atoms with Crippen molar-refractivity contribution in [1.82, 2.24) is 10.2 Å². The molecule has 2 N–H and O–H groups in total. The molecule has 6 nitrogen and oxygen atoms in total. The largest absolute Gasteiger partial charge is 0.383 e. The summed E-state index contributed by atoms with van der Waals surface area (Å²) >= 11 is 5.82. The number of benzene rings is 1. The molecule has 1 heterocycles. The van der Waals surface area contributed by atoms with Crippen LogP contribution in [0, 0.1) is 0 Å². The predicted molar refractivity (Wildman–Crippen MR) is 85.1 cm³/mol. The van der Waals surface area contributed by atoms with Gasteiger partial charge in [0.05, 0.1) is 6.61 Å². The second-order valence-electron chi connectivity index (χ2n) is 5.07. The number of anilines is 1. The Morgan fingerprint density at radius 1 is 1.36 bits per heavy atom. The van der Waals surface area contributed by atoms with Crippen LogP contribution in [0.4, 0.5) is 10.5 Å². The Morgan fingerprint density at radius 3 is 2.77 bits per heavy atom. The molecule has 1 aromatic rings. The van der Waals surface area contributed by atoms with Gasteiger partial charge in [-0.2, -0.15) is 0 Å². The molecule has 0 radical (unpaired) electrons. The van der Waals surface area contributed by atoms with Crippen LogP contribution in [-0.4, -0.2) is 49.7 Å². The summed E-state index contributed by atoms with van der Waals surface area (Å²) in [4.78, 5) is 26.0. The summed E-state index contributed by atoms with van der Waals surface area (Å²) in [6, 6.07) is 6.21. The van der Waals surface area contributed by atoms with Gasteiger partial charge in [0.25, 0.3) is 0 Å². The van der Waals surface area contributed by atoms with Gasteiger partial charge in [-0.05, 0) is 37.1 Å². The van der Waals surface area contributed by atoms with E-state index in [-0.39, 0.29) is 11.9 Å². The third-order valence-corrected chi connectivity index (χ3v) is 3.76. The zero-order valence-corrected chi connectivity index (χ0v) is 13.2. The Bertz CT molecular complexity index is 521. The van der Waals surface area contributed by atoms with Crippen molar-refractivity contribution in [2.24, 2.45) is 0 Å².